The molecule has 0 radical (unpaired) electrons. The van der Waals surface area contributed by atoms with Crippen LogP contribution in [-0.4, -0.2) is 40.5 Å². The molecule has 142 valence electrons. The zero-order valence-corrected chi connectivity index (χ0v) is 15.2. The van der Waals surface area contributed by atoms with E-state index in [2.05, 4.69) is 15.3 Å². The van der Waals surface area contributed by atoms with Crippen LogP contribution < -0.4 is 15.6 Å². The van der Waals surface area contributed by atoms with E-state index in [9.17, 15) is 9.59 Å². The molecule has 0 saturated carbocycles. The summed E-state index contributed by atoms with van der Waals surface area (Å²) < 4.78 is 5.68. The molecule has 1 amide bonds. The van der Waals surface area contributed by atoms with Gasteiger partial charge in [-0.3, -0.25) is 14.6 Å². The van der Waals surface area contributed by atoms with E-state index in [0.29, 0.717) is 25.4 Å². The smallest absolute Gasteiger partial charge is 0.252 e. The number of ether oxygens (including phenoxy) is 1. The quantitative estimate of drug-likeness (QED) is 0.817. The van der Waals surface area contributed by atoms with Gasteiger partial charge in [-0.05, 0) is 25.3 Å². The fourth-order valence-electron chi connectivity index (χ4n) is 3.75. The summed E-state index contributed by atoms with van der Waals surface area (Å²) in [5, 5.41) is 3.35. The molecule has 7 nitrogen and oxygen atoms in total. The van der Waals surface area contributed by atoms with Crippen molar-refractivity contribution >= 4 is 11.9 Å². The second-order valence-electron chi connectivity index (χ2n) is 7.05. The van der Waals surface area contributed by atoms with E-state index < -0.39 is 0 Å². The molecule has 7 heteroatoms. The van der Waals surface area contributed by atoms with Gasteiger partial charge in [0.05, 0.1) is 12.6 Å². The number of likely N-dealkylation sites (tertiary alicyclic amines) is 1. The van der Waals surface area contributed by atoms with E-state index in [4.69, 9.17) is 4.74 Å². The molecule has 1 aromatic carbocycles. The highest BCUT2D eigenvalue weighted by atomic mass is 16.5. The van der Waals surface area contributed by atoms with Crippen molar-refractivity contribution in [2.24, 2.45) is 0 Å². The fraction of sp³-hybridized carbons (Fsp3) is 0.450. The number of benzene rings is 1. The van der Waals surface area contributed by atoms with Gasteiger partial charge < -0.3 is 15.0 Å². The SMILES string of the molecule is O=C1CCCN1CCCc1cc(=O)[nH]c(N[C@H]2CCOc3ccccc32)n1. The molecule has 0 bridgehead atoms. The largest absolute Gasteiger partial charge is 0.493 e. The first-order valence-corrected chi connectivity index (χ1v) is 9.55. The Balaban J connectivity index is 1.42. The van der Waals surface area contributed by atoms with Crippen molar-refractivity contribution in [1.82, 2.24) is 14.9 Å². The van der Waals surface area contributed by atoms with Crippen molar-refractivity contribution in [2.75, 3.05) is 25.0 Å². The topological polar surface area (TPSA) is 87.3 Å². The lowest BCUT2D eigenvalue weighted by atomic mass is 10.0. The van der Waals surface area contributed by atoms with Gasteiger partial charge in [0, 0.05) is 43.3 Å². The Labute approximate surface area is 157 Å². The predicted molar refractivity (Wildman–Crippen MR) is 102 cm³/mol. The summed E-state index contributed by atoms with van der Waals surface area (Å²) in [4.78, 5) is 33.0. The number of rotatable bonds is 6. The minimum atomic E-state index is -0.167. The van der Waals surface area contributed by atoms with Crippen LogP contribution in [0, 0.1) is 0 Å². The van der Waals surface area contributed by atoms with Crippen LogP contribution >= 0.6 is 0 Å². The lowest BCUT2D eigenvalue weighted by Crippen LogP contribution is -2.26. The number of para-hydroxylation sites is 1. The van der Waals surface area contributed by atoms with Crippen molar-refractivity contribution in [3.8, 4) is 5.75 Å². The highest BCUT2D eigenvalue weighted by molar-refractivity contribution is 5.77. The van der Waals surface area contributed by atoms with Crippen LogP contribution in [0.1, 0.15) is 43.0 Å². The number of anilines is 1. The summed E-state index contributed by atoms with van der Waals surface area (Å²) in [6.45, 7) is 2.20. The van der Waals surface area contributed by atoms with Gasteiger partial charge in [0.15, 0.2) is 0 Å². The third-order valence-corrected chi connectivity index (χ3v) is 5.10. The normalized spacial score (nSPS) is 18.9. The van der Waals surface area contributed by atoms with Gasteiger partial charge in [-0.25, -0.2) is 4.98 Å². The van der Waals surface area contributed by atoms with E-state index in [-0.39, 0.29) is 17.5 Å². The first-order valence-electron chi connectivity index (χ1n) is 9.55. The molecule has 2 aliphatic rings. The standard InChI is InChI=1S/C20H24N4O3/c25-18-13-14(5-3-10-24-11-4-8-19(24)26)21-20(23-18)22-16-9-12-27-17-7-2-1-6-15(16)17/h1-2,6-7,13,16H,3-5,8-12H2,(H2,21,22,23,25)/t16-/m0/s1. The van der Waals surface area contributed by atoms with Gasteiger partial charge in [-0.2, -0.15) is 0 Å². The minimum absolute atomic E-state index is 0.0515. The summed E-state index contributed by atoms with van der Waals surface area (Å²) in [6, 6.07) is 9.50. The average molecular weight is 368 g/mol. The van der Waals surface area contributed by atoms with Crippen LogP contribution in [0.15, 0.2) is 35.1 Å². The average Bonchev–Trinajstić information content (AvgIpc) is 3.07. The van der Waals surface area contributed by atoms with Crippen molar-refractivity contribution in [3.63, 3.8) is 0 Å². The van der Waals surface area contributed by atoms with Crippen molar-refractivity contribution < 1.29 is 9.53 Å². The highest BCUT2D eigenvalue weighted by Gasteiger charge is 2.22. The Kier molecular flexibility index (Phi) is 5.09. The number of aryl methyl sites for hydroxylation is 1. The molecule has 1 fully saturated rings. The number of carbonyl (C=O) groups excluding carboxylic acids is 1. The molecule has 3 heterocycles. The number of carbonyl (C=O) groups is 1. The molecule has 2 N–H and O–H groups in total. The molecule has 1 aromatic heterocycles. The summed E-state index contributed by atoms with van der Waals surface area (Å²) in [6.07, 6.45) is 3.89. The van der Waals surface area contributed by atoms with Gasteiger partial charge >= 0.3 is 0 Å². The second-order valence-corrected chi connectivity index (χ2v) is 7.05. The lowest BCUT2D eigenvalue weighted by molar-refractivity contribution is -0.127. The molecule has 2 aliphatic heterocycles. The van der Waals surface area contributed by atoms with Crippen LogP contribution in [0.5, 0.6) is 5.75 Å². The third kappa shape index (κ3) is 4.13. The second kappa shape index (κ2) is 7.82. The Bertz CT molecular complexity index is 880. The minimum Gasteiger partial charge on any atom is -0.493 e. The highest BCUT2D eigenvalue weighted by Crippen LogP contribution is 2.33. The third-order valence-electron chi connectivity index (χ3n) is 5.10. The number of nitrogens with one attached hydrogen (secondary N) is 2. The molecule has 4 rings (SSSR count). The molecule has 0 spiro atoms. The van der Waals surface area contributed by atoms with Gasteiger partial charge in [0.1, 0.15) is 5.75 Å². The van der Waals surface area contributed by atoms with Gasteiger partial charge in [-0.15, -0.1) is 0 Å². The van der Waals surface area contributed by atoms with Gasteiger partial charge in [0.25, 0.3) is 5.56 Å². The predicted octanol–water partition coefficient (Wildman–Crippen LogP) is 2.26. The zero-order chi connectivity index (χ0) is 18.6. The van der Waals surface area contributed by atoms with E-state index in [0.717, 1.165) is 49.4 Å². The van der Waals surface area contributed by atoms with Crippen LogP contribution in [0.4, 0.5) is 5.95 Å². The number of H-pyrrole nitrogens is 1. The number of nitrogens with zero attached hydrogens (tertiary/aromatic N) is 2. The maximum Gasteiger partial charge on any atom is 0.252 e. The number of hydrogen-bond acceptors (Lipinski definition) is 5. The number of amides is 1. The molecular weight excluding hydrogens is 344 g/mol. The van der Waals surface area contributed by atoms with Crippen molar-refractivity contribution in [2.45, 2.75) is 38.1 Å². The summed E-state index contributed by atoms with van der Waals surface area (Å²) in [5.74, 6) is 1.58. The van der Waals surface area contributed by atoms with Crippen LogP contribution in [0.25, 0.3) is 0 Å². The molecule has 0 unspecified atom stereocenters. The first kappa shape index (κ1) is 17.6. The van der Waals surface area contributed by atoms with Crippen LogP contribution in [-0.2, 0) is 11.2 Å². The molecule has 2 aromatic rings. The number of fused-ring (bicyclic) bond motifs is 1. The molecule has 0 aliphatic carbocycles. The lowest BCUT2D eigenvalue weighted by Gasteiger charge is -2.26. The van der Waals surface area contributed by atoms with E-state index in [1.165, 1.54) is 6.07 Å². The first-order chi connectivity index (χ1) is 13.2. The van der Waals surface area contributed by atoms with Crippen molar-refractivity contribution in [1.29, 1.82) is 0 Å². The summed E-state index contributed by atoms with van der Waals surface area (Å²) in [5.41, 5.74) is 1.65. The molecular formula is C20H24N4O3. The Morgan fingerprint density at radius 1 is 1.30 bits per heavy atom. The van der Waals surface area contributed by atoms with Gasteiger partial charge in [-0.1, -0.05) is 18.2 Å². The fourth-order valence-corrected chi connectivity index (χ4v) is 3.75. The molecule has 1 atom stereocenters. The number of aromatic nitrogens is 2. The zero-order valence-electron chi connectivity index (χ0n) is 15.2. The molecule has 27 heavy (non-hydrogen) atoms. The summed E-state index contributed by atoms with van der Waals surface area (Å²) >= 11 is 0. The molecule has 1 saturated heterocycles. The summed E-state index contributed by atoms with van der Waals surface area (Å²) in [7, 11) is 0. The van der Waals surface area contributed by atoms with E-state index in [1.54, 1.807) is 0 Å². The number of aromatic amines is 1. The van der Waals surface area contributed by atoms with Crippen LogP contribution in [0.2, 0.25) is 0 Å². The van der Waals surface area contributed by atoms with Crippen LogP contribution in [0.3, 0.4) is 0 Å². The van der Waals surface area contributed by atoms with Crippen molar-refractivity contribution in [3.05, 3.63) is 51.9 Å². The maximum atomic E-state index is 12.0. The number of hydrogen-bond donors (Lipinski definition) is 2. The Morgan fingerprint density at radius 2 is 2.19 bits per heavy atom. The van der Waals surface area contributed by atoms with Gasteiger partial charge in [0.2, 0.25) is 11.9 Å². The Morgan fingerprint density at radius 3 is 3.04 bits per heavy atom. The maximum absolute atomic E-state index is 12.0. The van der Waals surface area contributed by atoms with E-state index in [1.807, 2.05) is 29.2 Å². The Hall–Kier alpha value is -2.83. The van der Waals surface area contributed by atoms with E-state index >= 15 is 0 Å². The monoisotopic (exact) mass is 368 g/mol.